The highest BCUT2D eigenvalue weighted by Crippen LogP contribution is 2.41. The lowest BCUT2D eigenvalue weighted by atomic mass is 10.00. The molecule has 0 radical (unpaired) electrons. The fourth-order valence-corrected chi connectivity index (χ4v) is 3.46. The lowest BCUT2D eigenvalue weighted by molar-refractivity contribution is 0.186. The third kappa shape index (κ3) is 3.09. The predicted molar refractivity (Wildman–Crippen MR) is 91.0 cm³/mol. The molecule has 1 fully saturated rings. The second-order valence-corrected chi connectivity index (χ2v) is 6.62. The zero-order valence-electron chi connectivity index (χ0n) is 13.2. The molecule has 1 saturated carbocycles. The zero-order valence-corrected chi connectivity index (χ0v) is 13.2. The maximum atomic E-state index is 12.7. The summed E-state index contributed by atoms with van der Waals surface area (Å²) in [6.07, 6.45) is 3.37. The molecule has 1 N–H and O–H groups in total. The number of carbonyl (C=O) groups excluding carboxylic acids is 1. The van der Waals surface area contributed by atoms with Crippen LogP contribution in [0.5, 0.6) is 0 Å². The quantitative estimate of drug-likeness (QED) is 0.916. The van der Waals surface area contributed by atoms with Gasteiger partial charge in [-0.3, -0.25) is 0 Å². The van der Waals surface area contributed by atoms with E-state index >= 15 is 0 Å². The van der Waals surface area contributed by atoms with Crippen molar-refractivity contribution in [3.8, 4) is 0 Å². The number of carbonyl (C=O) groups is 1. The first-order valence-corrected chi connectivity index (χ1v) is 8.48. The Hall–Kier alpha value is -2.29. The van der Waals surface area contributed by atoms with Gasteiger partial charge in [0.15, 0.2) is 0 Å². The van der Waals surface area contributed by atoms with Gasteiger partial charge in [0, 0.05) is 13.1 Å². The van der Waals surface area contributed by atoms with Gasteiger partial charge in [0.2, 0.25) is 0 Å². The van der Waals surface area contributed by atoms with Crippen molar-refractivity contribution < 1.29 is 4.79 Å². The summed E-state index contributed by atoms with van der Waals surface area (Å²) in [6, 6.07) is 19.0. The van der Waals surface area contributed by atoms with Crippen molar-refractivity contribution in [2.24, 2.45) is 5.92 Å². The first-order valence-electron chi connectivity index (χ1n) is 8.48. The standard InChI is InChI=1S/C20H22N2O/c23-20(22-13-12-15-6-4-5-9-18(15)14-22)21-19(17-10-11-17)16-7-2-1-3-8-16/h1-9,17,19H,10-14H2,(H,21,23). The number of benzene rings is 2. The molecular formula is C20H22N2O. The third-order valence-electron chi connectivity index (χ3n) is 4.95. The van der Waals surface area contributed by atoms with Gasteiger partial charge in [-0.15, -0.1) is 0 Å². The maximum Gasteiger partial charge on any atom is 0.318 e. The van der Waals surface area contributed by atoms with E-state index in [0.29, 0.717) is 12.5 Å². The molecule has 2 aromatic carbocycles. The van der Waals surface area contributed by atoms with Crippen LogP contribution >= 0.6 is 0 Å². The van der Waals surface area contributed by atoms with E-state index in [-0.39, 0.29) is 12.1 Å². The minimum absolute atomic E-state index is 0.0697. The molecule has 0 bridgehead atoms. The van der Waals surface area contributed by atoms with Gasteiger partial charge >= 0.3 is 6.03 Å². The van der Waals surface area contributed by atoms with Crippen molar-refractivity contribution in [1.82, 2.24) is 10.2 Å². The van der Waals surface area contributed by atoms with E-state index < -0.39 is 0 Å². The second kappa shape index (κ2) is 6.07. The van der Waals surface area contributed by atoms with Crippen LogP contribution in [-0.2, 0) is 13.0 Å². The molecule has 2 amide bonds. The van der Waals surface area contributed by atoms with Crippen molar-refractivity contribution in [3.05, 3.63) is 71.3 Å². The fraction of sp³-hybridized carbons (Fsp3) is 0.350. The Morgan fingerprint density at radius 3 is 2.43 bits per heavy atom. The van der Waals surface area contributed by atoms with Crippen molar-refractivity contribution in [3.63, 3.8) is 0 Å². The molecule has 1 atom stereocenters. The summed E-state index contributed by atoms with van der Waals surface area (Å²) < 4.78 is 0. The van der Waals surface area contributed by atoms with E-state index in [2.05, 4.69) is 41.7 Å². The topological polar surface area (TPSA) is 32.3 Å². The SMILES string of the molecule is O=C(NC(c1ccccc1)C1CC1)N1CCc2ccccc2C1. The molecule has 1 heterocycles. The number of nitrogens with one attached hydrogen (secondary N) is 1. The van der Waals surface area contributed by atoms with Gasteiger partial charge in [-0.05, 0) is 41.9 Å². The molecule has 2 aliphatic rings. The van der Waals surface area contributed by atoms with Crippen molar-refractivity contribution >= 4 is 6.03 Å². The molecule has 3 heteroatoms. The van der Waals surface area contributed by atoms with Gasteiger partial charge in [-0.25, -0.2) is 4.79 Å². The lowest BCUT2D eigenvalue weighted by Gasteiger charge is -2.31. The van der Waals surface area contributed by atoms with Crippen molar-refractivity contribution in [2.45, 2.75) is 31.8 Å². The summed E-state index contributed by atoms with van der Waals surface area (Å²) in [4.78, 5) is 14.7. The maximum absolute atomic E-state index is 12.7. The summed E-state index contributed by atoms with van der Waals surface area (Å²) >= 11 is 0. The molecule has 0 saturated heterocycles. The van der Waals surface area contributed by atoms with Crippen LogP contribution in [0.1, 0.15) is 35.6 Å². The van der Waals surface area contributed by atoms with Gasteiger partial charge in [0.25, 0.3) is 0 Å². The molecule has 1 aliphatic heterocycles. The molecule has 1 unspecified atom stereocenters. The fourth-order valence-electron chi connectivity index (χ4n) is 3.46. The number of fused-ring (bicyclic) bond motifs is 1. The van der Waals surface area contributed by atoms with Crippen LogP contribution in [0, 0.1) is 5.92 Å². The molecule has 0 aromatic heterocycles. The van der Waals surface area contributed by atoms with E-state index in [9.17, 15) is 4.79 Å². The minimum atomic E-state index is 0.0697. The summed E-state index contributed by atoms with van der Waals surface area (Å²) in [5.41, 5.74) is 3.87. The molecule has 2 aromatic rings. The van der Waals surface area contributed by atoms with E-state index in [0.717, 1.165) is 13.0 Å². The molecule has 1 aliphatic carbocycles. The molecule has 0 spiro atoms. The Kier molecular flexibility index (Phi) is 3.78. The van der Waals surface area contributed by atoms with E-state index in [4.69, 9.17) is 0 Å². The Labute approximate surface area is 137 Å². The van der Waals surface area contributed by atoms with Crippen molar-refractivity contribution in [2.75, 3.05) is 6.54 Å². The zero-order chi connectivity index (χ0) is 15.6. The Morgan fingerprint density at radius 2 is 1.70 bits per heavy atom. The van der Waals surface area contributed by atoms with Gasteiger partial charge < -0.3 is 10.2 Å². The Bertz CT molecular complexity index is 694. The van der Waals surface area contributed by atoms with Crippen LogP contribution in [0.25, 0.3) is 0 Å². The molecule has 118 valence electrons. The third-order valence-corrected chi connectivity index (χ3v) is 4.95. The number of nitrogens with zero attached hydrogens (tertiary/aromatic N) is 1. The average Bonchev–Trinajstić information content (AvgIpc) is 3.44. The highest BCUT2D eigenvalue weighted by molar-refractivity contribution is 5.75. The van der Waals surface area contributed by atoms with Gasteiger partial charge in [-0.2, -0.15) is 0 Å². The van der Waals surface area contributed by atoms with Crippen LogP contribution < -0.4 is 5.32 Å². The van der Waals surface area contributed by atoms with Gasteiger partial charge in [-0.1, -0.05) is 54.6 Å². The largest absolute Gasteiger partial charge is 0.331 e. The van der Waals surface area contributed by atoms with E-state index in [1.54, 1.807) is 0 Å². The number of rotatable bonds is 3. The van der Waals surface area contributed by atoms with E-state index in [1.807, 2.05) is 23.1 Å². The number of urea groups is 1. The molecular weight excluding hydrogens is 284 g/mol. The monoisotopic (exact) mass is 306 g/mol. The number of hydrogen-bond donors (Lipinski definition) is 1. The minimum Gasteiger partial charge on any atom is -0.331 e. The van der Waals surface area contributed by atoms with E-state index in [1.165, 1.54) is 29.5 Å². The van der Waals surface area contributed by atoms with Crippen LogP contribution in [0.3, 0.4) is 0 Å². The summed E-state index contributed by atoms with van der Waals surface area (Å²) in [5.74, 6) is 0.596. The highest BCUT2D eigenvalue weighted by Gasteiger charge is 2.34. The first-order chi connectivity index (χ1) is 11.3. The summed E-state index contributed by atoms with van der Waals surface area (Å²) in [6.45, 7) is 1.52. The first kappa shape index (κ1) is 14.3. The second-order valence-electron chi connectivity index (χ2n) is 6.62. The lowest BCUT2D eigenvalue weighted by Crippen LogP contribution is -2.44. The molecule has 23 heavy (non-hydrogen) atoms. The van der Waals surface area contributed by atoms with Crippen LogP contribution in [0.4, 0.5) is 4.79 Å². The Morgan fingerprint density at radius 1 is 1.00 bits per heavy atom. The predicted octanol–water partition coefficient (Wildman–Crippen LogP) is 3.91. The summed E-state index contributed by atoms with van der Waals surface area (Å²) in [5, 5.41) is 3.28. The Balaban J connectivity index is 1.47. The highest BCUT2D eigenvalue weighted by atomic mass is 16.2. The van der Waals surface area contributed by atoms with Crippen LogP contribution in [-0.4, -0.2) is 17.5 Å². The molecule has 4 rings (SSSR count). The van der Waals surface area contributed by atoms with Gasteiger partial charge in [0.1, 0.15) is 0 Å². The summed E-state index contributed by atoms with van der Waals surface area (Å²) in [7, 11) is 0. The smallest absolute Gasteiger partial charge is 0.318 e. The molecule has 3 nitrogen and oxygen atoms in total. The van der Waals surface area contributed by atoms with Gasteiger partial charge in [0.05, 0.1) is 6.04 Å². The van der Waals surface area contributed by atoms with Crippen LogP contribution in [0.15, 0.2) is 54.6 Å². The van der Waals surface area contributed by atoms with Crippen molar-refractivity contribution in [1.29, 1.82) is 0 Å². The number of amides is 2. The average molecular weight is 306 g/mol. The number of hydrogen-bond acceptors (Lipinski definition) is 1. The normalized spacial score (nSPS) is 18.2. The van der Waals surface area contributed by atoms with Crippen LogP contribution in [0.2, 0.25) is 0 Å².